The van der Waals surface area contributed by atoms with Gasteiger partial charge < -0.3 is 9.47 Å². The number of nitrogens with zero attached hydrogens (tertiary/aromatic N) is 1. The molecule has 0 atom stereocenters. The summed E-state index contributed by atoms with van der Waals surface area (Å²) in [6.07, 6.45) is -3.09. The molecule has 0 bridgehead atoms. The number of esters is 1. The number of ether oxygens (including phenoxy) is 2. The maximum Gasteiger partial charge on any atom is 0.416 e. The van der Waals surface area contributed by atoms with E-state index in [9.17, 15) is 18.0 Å². The fourth-order valence-electron chi connectivity index (χ4n) is 1.64. The van der Waals surface area contributed by atoms with E-state index in [4.69, 9.17) is 9.47 Å². The second-order valence-electron chi connectivity index (χ2n) is 4.36. The Labute approximate surface area is 124 Å². The number of alkyl halides is 3. The highest BCUT2D eigenvalue weighted by atomic mass is 19.4. The number of rotatable bonds is 4. The van der Waals surface area contributed by atoms with Crippen LogP contribution in [0.5, 0.6) is 5.88 Å². The second-order valence-corrected chi connectivity index (χ2v) is 4.36. The lowest BCUT2D eigenvalue weighted by Crippen LogP contribution is -2.07. The smallest absolute Gasteiger partial charge is 0.416 e. The molecule has 0 saturated heterocycles. The SMILES string of the molecule is COc1ccc(C(=O)OCc2ccc(C(F)(F)F)cc2)cn1. The number of halogens is 3. The third kappa shape index (κ3) is 3.97. The minimum absolute atomic E-state index is 0.122. The Hall–Kier alpha value is -2.57. The lowest BCUT2D eigenvalue weighted by atomic mass is 10.1. The van der Waals surface area contributed by atoms with Gasteiger partial charge >= 0.3 is 12.1 Å². The fourth-order valence-corrected chi connectivity index (χ4v) is 1.64. The number of pyridine rings is 1. The maximum absolute atomic E-state index is 12.4. The molecule has 1 aromatic heterocycles. The molecule has 0 aliphatic carbocycles. The van der Waals surface area contributed by atoms with Crippen molar-refractivity contribution in [1.29, 1.82) is 0 Å². The van der Waals surface area contributed by atoms with Gasteiger partial charge in [0, 0.05) is 12.3 Å². The van der Waals surface area contributed by atoms with Gasteiger partial charge in [-0.15, -0.1) is 0 Å². The largest absolute Gasteiger partial charge is 0.481 e. The van der Waals surface area contributed by atoms with Crippen molar-refractivity contribution in [3.63, 3.8) is 0 Å². The van der Waals surface area contributed by atoms with Crippen molar-refractivity contribution in [2.24, 2.45) is 0 Å². The number of aromatic nitrogens is 1. The molecule has 7 heteroatoms. The summed E-state index contributed by atoms with van der Waals surface area (Å²) in [7, 11) is 1.45. The predicted octanol–water partition coefficient (Wildman–Crippen LogP) is 3.47. The Morgan fingerprint density at radius 3 is 2.32 bits per heavy atom. The predicted molar refractivity (Wildman–Crippen MR) is 71.4 cm³/mol. The standard InChI is InChI=1S/C15H12F3NO3/c1-21-13-7-4-11(8-19-13)14(20)22-9-10-2-5-12(6-3-10)15(16,17)18/h2-8H,9H2,1H3. The Kier molecular flexibility index (Phi) is 4.65. The van der Waals surface area contributed by atoms with E-state index in [1.807, 2.05) is 0 Å². The van der Waals surface area contributed by atoms with Crippen LogP contribution in [0.3, 0.4) is 0 Å². The Balaban J connectivity index is 1.95. The van der Waals surface area contributed by atoms with Crippen LogP contribution in [0.25, 0.3) is 0 Å². The van der Waals surface area contributed by atoms with Gasteiger partial charge in [0.1, 0.15) is 6.61 Å². The van der Waals surface area contributed by atoms with Gasteiger partial charge in [-0.2, -0.15) is 13.2 Å². The monoisotopic (exact) mass is 311 g/mol. The van der Waals surface area contributed by atoms with E-state index >= 15 is 0 Å². The van der Waals surface area contributed by atoms with Crippen LogP contribution in [0.15, 0.2) is 42.6 Å². The van der Waals surface area contributed by atoms with Crippen molar-refractivity contribution < 1.29 is 27.4 Å². The summed E-state index contributed by atoms with van der Waals surface area (Å²) < 4.78 is 47.1. The Bertz CT molecular complexity index is 637. The van der Waals surface area contributed by atoms with Gasteiger partial charge in [0.05, 0.1) is 18.2 Å². The zero-order chi connectivity index (χ0) is 16.2. The first-order valence-electron chi connectivity index (χ1n) is 6.23. The van der Waals surface area contributed by atoms with Crippen molar-refractivity contribution in [2.75, 3.05) is 7.11 Å². The minimum Gasteiger partial charge on any atom is -0.481 e. The molecule has 0 radical (unpaired) electrons. The van der Waals surface area contributed by atoms with Crippen molar-refractivity contribution in [3.8, 4) is 5.88 Å². The molecule has 1 aromatic carbocycles. The molecule has 22 heavy (non-hydrogen) atoms. The van der Waals surface area contributed by atoms with E-state index < -0.39 is 17.7 Å². The van der Waals surface area contributed by atoms with Crippen LogP contribution in [0.1, 0.15) is 21.5 Å². The molecule has 4 nitrogen and oxygen atoms in total. The molecular formula is C15H12F3NO3. The maximum atomic E-state index is 12.4. The third-order valence-electron chi connectivity index (χ3n) is 2.83. The zero-order valence-corrected chi connectivity index (χ0v) is 11.6. The third-order valence-corrected chi connectivity index (χ3v) is 2.83. The summed E-state index contributed by atoms with van der Waals surface area (Å²) in [6, 6.07) is 7.41. The Morgan fingerprint density at radius 1 is 1.14 bits per heavy atom. The topological polar surface area (TPSA) is 48.4 Å². The molecule has 116 valence electrons. The first-order valence-corrected chi connectivity index (χ1v) is 6.23. The number of hydrogen-bond donors (Lipinski definition) is 0. The molecule has 0 saturated carbocycles. The van der Waals surface area contributed by atoms with Crippen molar-refractivity contribution in [2.45, 2.75) is 12.8 Å². The zero-order valence-electron chi connectivity index (χ0n) is 11.6. The summed E-state index contributed by atoms with van der Waals surface area (Å²) in [5.41, 5.74) is -0.0579. The number of carbonyl (C=O) groups is 1. The number of benzene rings is 1. The highest BCUT2D eigenvalue weighted by Gasteiger charge is 2.29. The summed E-state index contributed by atoms with van der Waals surface area (Å²) in [6.45, 7) is -0.122. The number of methoxy groups -OCH3 is 1. The molecule has 2 aromatic rings. The van der Waals surface area contributed by atoms with E-state index in [2.05, 4.69) is 4.98 Å². The van der Waals surface area contributed by atoms with Gasteiger partial charge in [-0.1, -0.05) is 12.1 Å². The Morgan fingerprint density at radius 2 is 1.82 bits per heavy atom. The van der Waals surface area contributed by atoms with Crippen LogP contribution in [-0.4, -0.2) is 18.1 Å². The molecule has 2 rings (SSSR count). The molecule has 0 N–H and O–H groups in total. The van der Waals surface area contributed by atoms with E-state index in [1.165, 1.54) is 37.6 Å². The van der Waals surface area contributed by atoms with Crippen molar-refractivity contribution >= 4 is 5.97 Å². The van der Waals surface area contributed by atoms with Crippen LogP contribution in [0.2, 0.25) is 0 Å². The molecule has 0 amide bonds. The summed E-state index contributed by atoms with van der Waals surface area (Å²) in [5.74, 6) is -0.255. The average Bonchev–Trinajstić information content (AvgIpc) is 2.52. The lowest BCUT2D eigenvalue weighted by molar-refractivity contribution is -0.137. The summed E-state index contributed by atoms with van der Waals surface area (Å²) >= 11 is 0. The van der Waals surface area contributed by atoms with Crippen LogP contribution in [-0.2, 0) is 17.5 Å². The van der Waals surface area contributed by atoms with Crippen molar-refractivity contribution in [3.05, 3.63) is 59.3 Å². The van der Waals surface area contributed by atoms with Crippen molar-refractivity contribution in [1.82, 2.24) is 4.98 Å². The normalized spacial score (nSPS) is 11.1. The molecule has 0 aliphatic heterocycles. The van der Waals surface area contributed by atoms with Crippen LogP contribution in [0.4, 0.5) is 13.2 Å². The quantitative estimate of drug-likeness (QED) is 0.811. The molecule has 1 heterocycles. The number of hydrogen-bond acceptors (Lipinski definition) is 4. The highest BCUT2D eigenvalue weighted by Crippen LogP contribution is 2.29. The minimum atomic E-state index is -4.38. The molecule has 0 unspecified atom stereocenters. The molecule has 0 fully saturated rings. The van der Waals surface area contributed by atoms with Gasteiger partial charge in [0.15, 0.2) is 0 Å². The first-order chi connectivity index (χ1) is 10.4. The van der Waals surface area contributed by atoms with Gasteiger partial charge in [0.2, 0.25) is 5.88 Å². The fraction of sp³-hybridized carbons (Fsp3) is 0.200. The van der Waals surface area contributed by atoms with Gasteiger partial charge in [0.25, 0.3) is 0 Å². The average molecular weight is 311 g/mol. The number of carbonyl (C=O) groups excluding carboxylic acids is 1. The molecule has 0 spiro atoms. The summed E-state index contributed by atoms with van der Waals surface area (Å²) in [4.78, 5) is 15.6. The second kappa shape index (κ2) is 6.46. The van der Waals surface area contributed by atoms with Crippen LogP contribution < -0.4 is 4.74 Å². The van der Waals surface area contributed by atoms with Crippen LogP contribution >= 0.6 is 0 Å². The molecular weight excluding hydrogens is 299 g/mol. The van der Waals surface area contributed by atoms with Crippen LogP contribution in [0, 0.1) is 0 Å². The van der Waals surface area contributed by atoms with E-state index in [0.717, 1.165) is 12.1 Å². The lowest BCUT2D eigenvalue weighted by Gasteiger charge is -2.08. The molecule has 0 aliphatic rings. The van der Waals surface area contributed by atoms with E-state index in [1.54, 1.807) is 0 Å². The van der Waals surface area contributed by atoms with E-state index in [0.29, 0.717) is 11.4 Å². The van der Waals surface area contributed by atoms with Gasteiger partial charge in [-0.05, 0) is 23.8 Å². The van der Waals surface area contributed by atoms with E-state index in [-0.39, 0.29) is 12.2 Å². The van der Waals surface area contributed by atoms with Gasteiger partial charge in [-0.3, -0.25) is 0 Å². The first kappa shape index (κ1) is 15.8. The highest BCUT2D eigenvalue weighted by molar-refractivity contribution is 5.89. The van der Waals surface area contributed by atoms with Gasteiger partial charge in [-0.25, -0.2) is 9.78 Å². The summed E-state index contributed by atoms with van der Waals surface area (Å²) in [5, 5.41) is 0.